The third-order valence-electron chi connectivity index (χ3n) is 4.28. The Hall–Kier alpha value is -2.98. The van der Waals surface area contributed by atoms with Gasteiger partial charge in [-0.3, -0.25) is 0 Å². The second-order valence-electron chi connectivity index (χ2n) is 6.09. The average molecular weight is 361 g/mol. The number of hydrogen-bond acceptors (Lipinski definition) is 4. The summed E-state index contributed by atoms with van der Waals surface area (Å²) >= 11 is 0. The third-order valence-corrected chi connectivity index (χ3v) is 4.28. The molecule has 1 saturated heterocycles. The van der Waals surface area contributed by atoms with Crippen molar-refractivity contribution in [2.45, 2.75) is 6.92 Å². The van der Waals surface area contributed by atoms with Crippen LogP contribution >= 0.6 is 0 Å². The van der Waals surface area contributed by atoms with Crippen molar-refractivity contribution in [3.05, 3.63) is 91.0 Å². The molecule has 0 atom stereocenters. The number of anilines is 1. The second-order valence-corrected chi connectivity index (χ2v) is 6.09. The monoisotopic (exact) mass is 360 g/mol. The molecular formula is C23H28N4. The molecular weight excluding hydrogens is 332 g/mol. The molecule has 1 aliphatic rings. The molecule has 4 heteroatoms. The lowest BCUT2D eigenvalue weighted by molar-refractivity contribution is 0.583. The van der Waals surface area contributed by atoms with Gasteiger partial charge in [0.2, 0.25) is 0 Å². The molecule has 4 nitrogen and oxygen atoms in total. The summed E-state index contributed by atoms with van der Waals surface area (Å²) in [5.74, 6) is 1.67. The molecule has 0 aromatic carbocycles. The van der Waals surface area contributed by atoms with Gasteiger partial charge in [0.1, 0.15) is 11.6 Å². The number of rotatable bonds is 8. The van der Waals surface area contributed by atoms with Gasteiger partial charge in [0, 0.05) is 31.7 Å². The smallest absolute Gasteiger partial charge is 0.140 e. The molecule has 0 unspecified atom stereocenters. The summed E-state index contributed by atoms with van der Waals surface area (Å²) in [6.45, 7) is 21.2. The summed E-state index contributed by atoms with van der Waals surface area (Å²) in [6.07, 6.45) is 15.0. The zero-order valence-corrected chi connectivity index (χ0v) is 16.1. The maximum Gasteiger partial charge on any atom is 0.140 e. The number of aromatic nitrogens is 2. The van der Waals surface area contributed by atoms with Crippen LogP contribution in [0.25, 0.3) is 12.2 Å². The number of piperazine rings is 1. The van der Waals surface area contributed by atoms with Gasteiger partial charge in [-0.25, -0.2) is 9.97 Å². The first-order chi connectivity index (χ1) is 13.1. The maximum absolute atomic E-state index is 4.69. The molecule has 2 rings (SSSR count). The van der Waals surface area contributed by atoms with E-state index in [1.165, 1.54) is 0 Å². The summed E-state index contributed by atoms with van der Waals surface area (Å²) in [5, 5.41) is 3.37. The molecule has 0 bridgehead atoms. The lowest BCUT2D eigenvalue weighted by atomic mass is 10.0. The molecule has 0 amide bonds. The van der Waals surface area contributed by atoms with Crippen LogP contribution in [0.2, 0.25) is 0 Å². The van der Waals surface area contributed by atoms with E-state index in [9.17, 15) is 0 Å². The van der Waals surface area contributed by atoms with Crippen molar-refractivity contribution in [1.29, 1.82) is 0 Å². The average Bonchev–Trinajstić information content (AvgIpc) is 2.70. The van der Waals surface area contributed by atoms with E-state index in [0.717, 1.165) is 60.2 Å². The lowest BCUT2D eigenvalue weighted by Gasteiger charge is -2.30. The van der Waals surface area contributed by atoms with Gasteiger partial charge >= 0.3 is 0 Å². The van der Waals surface area contributed by atoms with Gasteiger partial charge in [-0.15, -0.1) is 0 Å². The Morgan fingerprint density at radius 2 is 1.70 bits per heavy atom. The van der Waals surface area contributed by atoms with E-state index in [1.54, 1.807) is 12.2 Å². The predicted molar refractivity (Wildman–Crippen MR) is 118 cm³/mol. The van der Waals surface area contributed by atoms with Crippen LogP contribution < -0.4 is 10.2 Å². The van der Waals surface area contributed by atoms with E-state index in [4.69, 9.17) is 4.98 Å². The Morgan fingerprint density at radius 3 is 2.30 bits per heavy atom. The Kier molecular flexibility index (Phi) is 7.71. The van der Waals surface area contributed by atoms with Crippen LogP contribution in [-0.2, 0) is 0 Å². The highest BCUT2D eigenvalue weighted by Crippen LogP contribution is 2.26. The molecule has 0 radical (unpaired) electrons. The third kappa shape index (κ3) is 5.25. The molecule has 2 heterocycles. The summed E-state index contributed by atoms with van der Waals surface area (Å²) in [7, 11) is 0. The normalized spacial score (nSPS) is 15.7. The van der Waals surface area contributed by atoms with Gasteiger partial charge in [-0.05, 0) is 24.1 Å². The van der Waals surface area contributed by atoms with Crippen LogP contribution in [-0.4, -0.2) is 36.1 Å². The fourth-order valence-corrected chi connectivity index (χ4v) is 2.94. The largest absolute Gasteiger partial charge is 0.353 e. The van der Waals surface area contributed by atoms with Gasteiger partial charge in [0.25, 0.3) is 0 Å². The van der Waals surface area contributed by atoms with Crippen LogP contribution in [0.15, 0.2) is 73.9 Å². The summed E-state index contributed by atoms with van der Waals surface area (Å²) in [6, 6.07) is 0. The van der Waals surface area contributed by atoms with Gasteiger partial charge in [-0.1, -0.05) is 68.8 Å². The summed E-state index contributed by atoms with van der Waals surface area (Å²) < 4.78 is 0. The minimum atomic E-state index is 0.736. The highest BCUT2D eigenvalue weighted by Gasteiger charge is 2.18. The van der Waals surface area contributed by atoms with Crippen molar-refractivity contribution >= 4 is 18.0 Å². The first kappa shape index (κ1) is 20.3. The van der Waals surface area contributed by atoms with Crippen molar-refractivity contribution in [1.82, 2.24) is 15.3 Å². The minimum absolute atomic E-state index is 0.736. The van der Waals surface area contributed by atoms with E-state index in [-0.39, 0.29) is 0 Å². The molecule has 0 aliphatic carbocycles. The zero-order valence-electron chi connectivity index (χ0n) is 16.1. The van der Waals surface area contributed by atoms with E-state index in [2.05, 4.69) is 41.5 Å². The SMILES string of the molecule is C=C\C=C/C=C(C=C)/C(C=C)=C/c1nc(C)nc(N2CCNCC2)c1C=C. The number of allylic oxidation sites excluding steroid dienone is 8. The Labute approximate surface area is 162 Å². The van der Waals surface area contributed by atoms with Crippen molar-refractivity contribution < 1.29 is 0 Å². The molecule has 1 aliphatic heterocycles. The summed E-state index contributed by atoms with van der Waals surface area (Å²) in [4.78, 5) is 11.6. The first-order valence-corrected chi connectivity index (χ1v) is 9.07. The number of aryl methyl sites for hydroxylation is 1. The molecule has 0 spiro atoms. The highest BCUT2D eigenvalue weighted by atomic mass is 15.2. The Morgan fingerprint density at radius 1 is 1.00 bits per heavy atom. The van der Waals surface area contributed by atoms with E-state index < -0.39 is 0 Å². The fourth-order valence-electron chi connectivity index (χ4n) is 2.94. The molecule has 1 aromatic rings. The molecule has 1 fully saturated rings. The molecule has 1 aromatic heterocycles. The molecule has 0 saturated carbocycles. The van der Waals surface area contributed by atoms with Crippen molar-refractivity contribution in [2.24, 2.45) is 0 Å². The summed E-state index contributed by atoms with van der Waals surface area (Å²) in [5.41, 5.74) is 3.66. The van der Waals surface area contributed by atoms with Crippen LogP contribution in [0.3, 0.4) is 0 Å². The highest BCUT2D eigenvalue weighted by molar-refractivity contribution is 5.75. The Bertz CT molecular complexity index is 806. The minimum Gasteiger partial charge on any atom is -0.353 e. The zero-order chi connectivity index (χ0) is 19.6. The maximum atomic E-state index is 4.69. The van der Waals surface area contributed by atoms with E-state index in [0.29, 0.717) is 0 Å². The lowest BCUT2D eigenvalue weighted by Crippen LogP contribution is -2.44. The van der Waals surface area contributed by atoms with Crippen molar-refractivity contribution in [3.8, 4) is 0 Å². The van der Waals surface area contributed by atoms with E-state index in [1.807, 2.05) is 43.4 Å². The number of hydrogen-bond donors (Lipinski definition) is 1. The van der Waals surface area contributed by atoms with Gasteiger partial charge in [0.15, 0.2) is 0 Å². The quantitative estimate of drug-likeness (QED) is 0.703. The number of nitrogens with one attached hydrogen (secondary N) is 1. The van der Waals surface area contributed by atoms with Crippen LogP contribution in [0.4, 0.5) is 5.82 Å². The van der Waals surface area contributed by atoms with Crippen LogP contribution in [0, 0.1) is 6.92 Å². The fraction of sp³-hybridized carbons (Fsp3) is 0.217. The molecule has 27 heavy (non-hydrogen) atoms. The van der Waals surface area contributed by atoms with Crippen LogP contribution in [0.1, 0.15) is 17.1 Å². The van der Waals surface area contributed by atoms with Crippen LogP contribution in [0.5, 0.6) is 0 Å². The van der Waals surface area contributed by atoms with Crippen molar-refractivity contribution in [3.63, 3.8) is 0 Å². The predicted octanol–water partition coefficient (Wildman–Crippen LogP) is 4.26. The van der Waals surface area contributed by atoms with Gasteiger partial charge in [-0.2, -0.15) is 0 Å². The van der Waals surface area contributed by atoms with E-state index >= 15 is 0 Å². The standard InChI is InChI=1S/C23H28N4/c1-6-10-11-12-19(7-2)20(8-3)17-22-21(9-4)23(26-18(5)25-22)27-15-13-24-14-16-27/h6-12,17,24H,1-4,13-16H2,5H3/b11-10-,19-12+,20-17+. The molecule has 1 N–H and O–H groups in total. The van der Waals surface area contributed by atoms with Gasteiger partial charge in [0.05, 0.1) is 5.69 Å². The Balaban J connectivity index is 2.54. The van der Waals surface area contributed by atoms with Gasteiger partial charge < -0.3 is 10.2 Å². The number of nitrogens with zero attached hydrogens (tertiary/aromatic N) is 3. The topological polar surface area (TPSA) is 41.1 Å². The molecule has 140 valence electrons. The first-order valence-electron chi connectivity index (χ1n) is 9.07. The van der Waals surface area contributed by atoms with Crippen molar-refractivity contribution in [2.75, 3.05) is 31.1 Å². The second kappa shape index (κ2) is 10.2.